The largest absolute Gasteiger partial charge is 0.370 e. The number of hydrogen-bond donors (Lipinski definition) is 2. The first kappa shape index (κ1) is 16.0. The van der Waals surface area contributed by atoms with Gasteiger partial charge >= 0.3 is 0 Å². The van der Waals surface area contributed by atoms with Crippen LogP contribution in [0, 0.1) is 0 Å². The average Bonchev–Trinajstić information content (AvgIpc) is 2.41. The quantitative estimate of drug-likeness (QED) is 0.535. The van der Waals surface area contributed by atoms with Crippen molar-refractivity contribution in [1.29, 1.82) is 0 Å². The third kappa shape index (κ3) is 6.11. The summed E-state index contributed by atoms with van der Waals surface area (Å²) < 4.78 is 0. The third-order valence-corrected chi connectivity index (χ3v) is 3.72. The van der Waals surface area contributed by atoms with Gasteiger partial charge in [-0.15, -0.1) is 11.8 Å². The van der Waals surface area contributed by atoms with Crippen LogP contribution in [0.2, 0.25) is 0 Å². The zero-order valence-corrected chi connectivity index (χ0v) is 13.0. The molecule has 6 heteroatoms. The predicted octanol–water partition coefficient (Wildman–Crippen LogP) is 2.31. The van der Waals surface area contributed by atoms with Crippen molar-refractivity contribution < 1.29 is 0 Å². The number of nitrogens with zero attached hydrogens (tertiary/aromatic N) is 3. The lowest BCUT2D eigenvalue weighted by Crippen LogP contribution is -2.25. The Hall–Kier alpha value is -1.01. The molecule has 0 fully saturated rings. The van der Waals surface area contributed by atoms with Gasteiger partial charge in [0.05, 0.1) is 0 Å². The Bertz CT molecular complexity index is 368. The number of nitrogens with two attached hydrogens (primary N) is 1. The summed E-state index contributed by atoms with van der Waals surface area (Å²) in [5.74, 6) is 2.18. The van der Waals surface area contributed by atoms with E-state index in [0.717, 1.165) is 49.2 Å². The smallest absolute Gasteiger partial charge is 0.223 e. The second-order valence-corrected chi connectivity index (χ2v) is 5.37. The van der Waals surface area contributed by atoms with Crippen molar-refractivity contribution in [2.45, 2.75) is 32.2 Å². The summed E-state index contributed by atoms with van der Waals surface area (Å²) in [5, 5.41) is 4.19. The molecule has 0 aromatic carbocycles. The van der Waals surface area contributed by atoms with E-state index < -0.39 is 0 Å². The number of nitrogens with one attached hydrogen (secondary N) is 1. The molecule has 0 spiro atoms. The number of nitrogen functional groups attached to an aromatic ring is 1. The van der Waals surface area contributed by atoms with Crippen LogP contribution in [-0.4, -0.2) is 46.8 Å². The Morgan fingerprint density at radius 2 is 2.00 bits per heavy atom. The summed E-state index contributed by atoms with van der Waals surface area (Å²) in [5.41, 5.74) is 5.73. The van der Waals surface area contributed by atoms with Crippen molar-refractivity contribution in [2.24, 2.45) is 0 Å². The number of rotatable bonds is 9. The van der Waals surface area contributed by atoms with Gasteiger partial charge in [-0.1, -0.05) is 20.8 Å². The minimum atomic E-state index is 0.339. The highest BCUT2D eigenvalue weighted by molar-refractivity contribution is 7.99. The van der Waals surface area contributed by atoms with Crippen LogP contribution in [0.5, 0.6) is 0 Å². The maximum Gasteiger partial charge on any atom is 0.223 e. The standard InChI is InChI=1S/C13H25N5S/c1-4-7-15-11-10-12(17-13(14)16-11)19-9-8-18(5-2)6-3/h10H,4-9H2,1-3H3,(H3,14,15,16,17). The molecule has 0 aliphatic heterocycles. The van der Waals surface area contributed by atoms with Gasteiger partial charge in [0.25, 0.3) is 0 Å². The molecule has 1 aromatic rings. The molecule has 108 valence electrons. The normalized spacial score (nSPS) is 10.9. The van der Waals surface area contributed by atoms with Gasteiger partial charge < -0.3 is 16.0 Å². The molecule has 0 unspecified atom stereocenters. The number of aromatic nitrogens is 2. The summed E-state index contributed by atoms with van der Waals surface area (Å²) in [4.78, 5) is 10.8. The van der Waals surface area contributed by atoms with Crippen LogP contribution in [0.15, 0.2) is 11.1 Å². The van der Waals surface area contributed by atoms with Gasteiger partial charge in [-0.05, 0) is 19.5 Å². The van der Waals surface area contributed by atoms with Gasteiger partial charge in [-0.3, -0.25) is 0 Å². The van der Waals surface area contributed by atoms with E-state index in [0.29, 0.717) is 5.95 Å². The zero-order chi connectivity index (χ0) is 14.1. The maximum absolute atomic E-state index is 5.73. The molecule has 0 saturated carbocycles. The second kappa shape index (κ2) is 8.98. The van der Waals surface area contributed by atoms with Crippen molar-refractivity contribution in [1.82, 2.24) is 14.9 Å². The molecule has 0 atom stereocenters. The van der Waals surface area contributed by atoms with E-state index in [4.69, 9.17) is 5.73 Å². The second-order valence-electron chi connectivity index (χ2n) is 4.25. The molecule has 19 heavy (non-hydrogen) atoms. The SMILES string of the molecule is CCCNc1cc(SCCN(CC)CC)nc(N)n1. The zero-order valence-electron chi connectivity index (χ0n) is 12.1. The molecule has 0 bridgehead atoms. The van der Waals surface area contributed by atoms with Gasteiger partial charge in [0.1, 0.15) is 10.8 Å². The molecule has 0 aliphatic rings. The highest BCUT2D eigenvalue weighted by Gasteiger charge is 2.04. The first-order chi connectivity index (χ1) is 9.19. The number of anilines is 2. The fraction of sp³-hybridized carbons (Fsp3) is 0.692. The molecular formula is C13H25N5S. The summed E-state index contributed by atoms with van der Waals surface area (Å²) in [7, 11) is 0. The Labute approximate surface area is 120 Å². The van der Waals surface area contributed by atoms with Crippen molar-refractivity contribution in [2.75, 3.05) is 43.0 Å². The Balaban J connectivity index is 2.50. The molecule has 0 radical (unpaired) electrons. The summed E-state index contributed by atoms with van der Waals surface area (Å²) >= 11 is 1.73. The van der Waals surface area contributed by atoms with Crippen molar-refractivity contribution >= 4 is 23.5 Å². The van der Waals surface area contributed by atoms with Crippen molar-refractivity contribution in [3.63, 3.8) is 0 Å². The maximum atomic E-state index is 5.73. The first-order valence-corrected chi connectivity index (χ1v) is 7.91. The Kier molecular flexibility index (Phi) is 7.59. The number of thioether (sulfide) groups is 1. The minimum absolute atomic E-state index is 0.339. The van der Waals surface area contributed by atoms with E-state index in [1.165, 1.54) is 0 Å². The molecular weight excluding hydrogens is 258 g/mol. The first-order valence-electron chi connectivity index (χ1n) is 6.93. The van der Waals surface area contributed by atoms with Crippen LogP contribution < -0.4 is 11.1 Å². The molecule has 3 N–H and O–H groups in total. The molecule has 1 rings (SSSR count). The average molecular weight is 283 g/mol. The van der Waals surface area contributed by atoms with Gasteiger partial charge in [0.15, 0.2) is 0 Å². The van der Waals surface area contributed by atoms with Gasteiger partial charge in [0, 0.05) is 24.9 Å². The predicted molar refractivity (Wildman–Crippen MR) is 83.7 cm³/mol. The van der Waals surface area contributed by atoms with Crippen LogP contribution in [0.4, 0.5) is 11.8 Å². The minimum Gasteiger partial charge on any atom is -0.370 e. The van der Waals surface area contributed by atoms with Crippen LogP contribution in [0.1, 0.15) is 27.2 Å². The topological polar surface area (TPSA) is 67.1 Å². The third-order valence-electron chi connectivity index (χ3n) is 2.83. The van der Waals surface area contributed by atoms with Crippen LogP contribution >= 0.6 is 11.8 Å². The van der Waals surface area contributed by atoms with Gasteiger partial charge in [-0.2, -0.15) is 4.98 Å². The van der Waals surface area contributed by atoms with E-state index in [1.807, 2.05) is 6.07 Å². The molecule has 1 aromatic heterocycles. The van der Waals surface area contributed by atoms with Crippen molar-refractivity contribution in [3.8, 4) is 0 Å². The lowest BCUT2D eigenvalue weighted by atomic mass is 10.4. The lowest BCUT2D eigenvalue weighted by molar-refractivity contribution is 0.324. The van der Waals surface area contributed by atoms with E-state index in [-0.39, 0.29) is 0 Å². The fourth-order valence-electron chi connectivity index (χ4n) is 1.68. The molecule has 0 amide bonds. The van der Waals surface area contributed by atoms with Crippen LogP contribution in [-0.2, 0) is 0 Å². The highest BCUT2D eigenvalue weighted by atomic mass is 32.2. The van der Waals surface area contributed by atoms with E-state index in [9.17, 15) is 0 Å². The van der Waals surface area contributed by atoms with E-state index in [1.54, 1.807) is 11.8 Å². The fourth-order valence-corrected chi connectivity index (χ4v) is 2.59. The van der Waals surface area contributed by atoms with E-state index >= 15 is 0 Å². The summed E-state index contributed by atoms with van der Waals surface area (Å²) in [6.45, 7) is 10.6. The molecule has 0 saturated heterocycles. The van der Waals surface area contributed by atoms with Gasteiger partial charge in [-0.25, -0.2) is 4.98 Å². The van der Waals surface area contributed by atoms with E-state index in [2.05, 4.69) is 41.0 Å². The molecule has 5 nitrogen and oxygen atoms in total. The number of hydrogen-bond acceptors (Lipinski definition) is 6. The summed E-state index contributed by atoms with van der Waals surface area (Å²) in [6.07, 6.45) is 1.06. The van der Waals surface area contributed by atoms with Crippen molar-refractivity contribution in [3.05, 3.63) is 6.07 Å². The van der Waals surface area contributed by atoms with Crippen LogP contribution in [0.25, 0.3) is 0 Å². The Morgan fingerprint density at radius 3 is 2.63 bits per heavy atom. The molecule has 0 aliphatic carbocycles. The highest BCUT2D eigenvalue weighted by Crippen LogP contribution is 2.19. The molecule has 1 heterocycles. The Morgan fingerprint density at radius 1 is 1.26 bits per heavy atom. The monoisotopic (exact) mass is 283 g/mol. The summed E-state index contributed by atoms with van der Waals surface area (Å²) in [6, 6.07) is 1.97. The van der Waals surface area contributed by atoms with Crippen LogP contribution in [0.3, 0.4) is 0 Å². The van der Waals surface area contributed by atoms with Gasteiger partial charge in [0.2, 0.25) is 5.95 Å². The lowest BCUT2D eigenvalue weighted by Gasteiger charge is -2.17.